The largest absolute Gasteiger partial charge is 0.464 e. The zero-order chi connectivity index (χ0) is 16.3. The summed E-state index contributed by atoms with van der Waals surface area (Å²) >= 11 is 0. The van der Waals surface area contributed by atoms with Gasteiger partial charge < -0.3 is 4.42 Å². The van der Waals surface area contributed by atoms with E-state index >= 15 is 0 Å². The second-order valence-electron chi connectivity index (χ2n) is 7.17. The fourth-order valence-electron chi connectivity index (χ4n) is 2.89. The molecular formula is C19H23N3O. The first-order chi connectivity index (χ1) is 11.0. The Morgan fingerprint density at radius 2 is 1.91 bits per heavy atom. The van der Waals surface area contributed by atoms with Gasteiger partial charge in [-0.3, -0.25) is 0 Å². The Balaban J connectivity index is 1.77. The zero-order valence-corrected chi connectivity index (χ0v) is 13.9. The van der Waals surface area contributed by atoms with Gasteiger partial charge in [-0.25, -0.2) is 9.67 Å². The van der Waals surface area contributed by atoms with Crippen molar-refractivity contribution in [2.75, 3.05) is 0 Å². The van der Waals surface area contributed by atoms with Crippen LogP contribution in [0.15, 0.2) is 59.7 Å². The molecule has 1 atom stereocenters. The van der Waals surface area contributed by atoms with Gasteiger partial charge in [0, 0.05) is 5.56 Å². The average molecular weight is 309 g/mol. The highest BCUT2D eigenvalue weighted by Gasteiger charge is 2.21. The summed E-state index contributed by atoms with van der Waals surface area (Å²) in [5.41, 5.74) is 2.64. The van der Waals surface area contributed by atoms with Crippen LogP contribution in [0.3, 0.4) is 0 Å². The van der Waals surface area contributed by atoms with Gasteiger partial charge in [0.25, 0.3) is 0 Å². The molecule has 4 heteroatoms. The van der Waals surface area contributed by atoms with E-state index in [0.29, 0.717) is 6.04 Å². The van der Waals surface area contributed by atoms with Crippen molar-refractivity contribution in [2.45, 2.75) is 39.7 Å². The van der Waals surface area contributed by atoms with Gasteiger partial charge in [0.1, 0.15) is 18.4 Å². The Kier molecular flexibility index (Phi) is 4.33. The summed E-state index contributed by atoms with van der Waals surface area (Å²) in [6, 6.07) is 12.8. The van der Waals surface area contributed by atoms with Crippen molar-refractivity contribution < 1.29 is 4.42 Å². The van der Waals surface area contributed by atoms with Crippen molar-refractivity contribution in [3.8, 4) is 11.3 Å². The molecule has 3 aromatic rings. The summed E-state index contributed by atoms with van der Waals surface area (Å²) in [5.74, 6) is 0.902. The van der Waals surface area contributed by atoms with Crippen LogP contribution in [-0.2, 0) is 6.42 Å². The number of hydrogen-bond donors (Lipinski definition) is 0. The first-order valence-corrected chi connectivity index (χ1v) is 7.98. The van der Waals surface area contributed by atoms with E-state index < -0.39 is 0 Å². The van der Waals surface area contributed by atoms with Crippen molar-refractivity contribution in [1.82, 2.24) is 14.8 Å². The van der Waals surface area contributed by atoms with Gasteiger partial charge >= 0.3 is 0 Å². The highest BCUT2D eigenvalue weighted by molar-refractivity contribution is 5.57. The zero-order valence-electron chi connectivity index (χ0n) is 13.9. The number of rotatable bonds is 5. The van der Waals surface area contributed by atoms with Crippen LogP contribution in [0.5, 0.6) is 0 Å². The van der Waals surface area contributed by atoms with Crippen LogP contribution in [0.4, 0.5) is 0 Å². The van der Waals surface area contributed by atoms with E-state index in [1.54, 1.807) is 12.6 Å². The molecule has 1 aromatic carbocycles. The van der Waals surface area contributed by atoms with Gasteiger partial charge in [-0.1, -0.05) is 45.0 Å². The lowest BCUT2D eigenvalue weighted by atomic mass is 9.86. The van der Waals surface area contributed by atoms with Crippen molar-refractivity contribution in [3.63, 3.8) is 0 Å². The normalized spacial score (nSPS) is 13.2. The topological polar surface area (TPSA) is 43.9 Å². The quantitative estimate of drug-likeness (QED) is 0.682. The monoisotopic (exact) mass is 309 g/mol. The lowest BCUT2D eigenvalue weighted by Crippen LogP contribution is -2.20. The average Bonchev–Trinajstić information content (AvgIpc) is 3.20. The maximum Gasteiger partial charge on any atom is 0.137 e. The van der Waals surface area contributed by atoms with Gasteiger partial charge in [-0.15, -0.1) is 0 Å². The maximum atomic E-state index is 5.44. The first-order valence-electron chi connectivity index (χ1n) is 7.98. The number of aromatic nitrogens is 3. The van der Waals surface area contributed by atoms with Crippen molar-refractivity contribution in [1.29, 1.82) is 0 Å². The third kappa shape index (κ3) is 4.09. The van der Waals surface area contributed by atoms with Crippen LogP contribution in [0.1, 0.15) is 38.8 Å². The Hall–Kier alpha value is -2.36. The molecule has 2 aromatic heterocycles. The number of hydrogen-bond acceptors (Lipinski definition) is 3. The molecular weight excluding hydrogens is 286 g/mol. The van der Waals surface area contributed by atoms with E-state index in [2.05, 4.69) is 55.1 Å². The Labute approximate surface area is 137 Å². The Morgan fingerprint density at radius 3 is 2.48 bits per heavy atom. The molecule has 0 radical (unpaired) electrons. The molecule has 0 N–H and O–H groups in total. The summed E-state index contributed by atoms with van der Waals surface area (Å²) < 4.78 is 7.42. The summed E-state index contributed by atoms with van der Waals surface area (Å²) in [5, 5.41) is 4.35. The van der Waals surface area contributed by atoms with Gasteiger partial charge in [0.05, 0.1) is 12.3 Å². The molecule has 0 amide bonds. The van der Waals surface area contributed by atoms with E-state index in [1.807, 2.05) is 23.1 Å². The summed E-state index contributed by atoms with van der Waals surface area (Å²) in [4.78, 5) is 4.10. The van der Waals surface area contributed by atoms with Crippen LogP contribution in [-0.4, -0.2) is 14.8 Å². The molecule has 23 heavy (non-hydrogen) atoms. The number of furan rings is 1. The molecule has 0 saturated carbocycles. The van der Waals surface area contributed by atoms with Crippen LogP contribution in [0.2, 0.25) is 0 Å². The van der Waals surface area contributed by atoms with Gasteiger partial charge in [0.15, 0.2) is 0 Å². The predicted molar refractivity (Wildman–Crippen MR) is 91.0 cm³/mol. The van der Waals surface area contributed by atoms with Crippen molar-refractivity contribution in [3.05, 3.63) is 60.9 Å². The fraction of sp³-hybridized carbons (Fsp3) is 0.368. The molecule has 4 nitrogen and oxygen atoms in total. The highest BCUT2D eigenvalue weighted by atomic mass is 16.3. The number of benzene rings is 1. The Morgan fingerprint density at radius 1 is 1.13 bits per heavy atom. The van der Waals surface area contributed by atoms with Crippen molar-refractivity contribution >= 4 is 0 Å². The fourth-order valence-corrected chi connectivity index (χ4v) is 2.89. The molecule has 0 saturated heterocycles. The molecule has 120 valence electrons. The first kappa shape index (κ1) is 15.5. The third-order valence-corrected chi connectivity index (χ3v) is 3.89. The van der Waals surface area contributed by atoms with Gasteiger partial charge in [-0.05, 0) is 36.0 Å². The second-order valence-corrected chi connectivity index (χ2v) is 7.17. The molecule has 0 spiro atoms. The second kappa shape index (κ2) is 6.41. The molecule has 2 heterocycles. The van der Waals surface area contributed by atoms with E-state index in [0.717, 1.165) is 24.2 Å². The van der Waals surface area contributed by atoms with Crippen LogP contribution in [0, 0.1) is 5.41 Å². The lowest BCUT2D eigenvalue weighted by Gasteiger charge is -2.26. The van der Waals surface area contributed by atoms with Gasteiger partial charge in [-0.2, -0.15) is 5.10 Å². The summed E-state index contributed by atoms with van der Waals surface area (Å²) in [6.45, 7) is 6.78. The minimum Gasteiger partial charge on any atom is -0.464 e. The van der Waals surface area contributed by atoms with E-state index in [1.165, 1.54) is 5.56 Å². The maximum absolute atomic E-state index is 5.44. The number of nitrogens with zero attached hydrogens (tertiary/aromatic N) is 3. The van der Waals surface area contributed by atoms with E-state index in [4.69, 9.17) is 4.42 Å². The summed E-state index contributed by atoms with van der Waals surface area (Å²) in [7, 11) is 0. The van der Waals surface area contributed by atoms with Gasteiger partial charge in [0.2, 0.25) is 0 Å². The molecule has 0 aliphatic carbocycles. The minimum absolute atomic E-state index is 0.241. The molecule has 0 fully saturated rings. The summed E-state index contributed by atoms with van der Waals surface area (Å²) in [6.07, 6.45) is 7.12. The van der Waals surface area contributed by atoms with Crippen LogP contribution in [0.25, 0.3) is 11.3 Å². The highest BCUT2D eigenvalue weighted by Crippen LogP contribution is 2.30. The molecule has 0 aliphatic rings. The standard InChI is InChI=1S/C19H23N3O/c1-19(2,3)12-17(22-14-20-13-21-22)11-15-6-8-16(9-7-15)18-5-4-10-23-18/h4-10,13-14,17H,11-12H2,1-3H3. The third-order valence-electron chi connectivity index (χ3n) is 3.89. The smallest absolute Gasteiger partial charge is 0.137 e. The van der Waals surface area contributed by atoms with Crippen molar-refractivity contribution in [2.24, 2.45) is 5.41 Å². The van der Waals surface area contributed by atoms with Crippen LogP contribution < -0.4 is 0 Å². The lowest BCUT2D eigenvalue weighted by molar-refractivity contribution is 0.276. The molecule has 0 aliphatic heterocycles. The molecule has 1 unspecified atom stereocenters. The SMILES string of the molecule is CC(C)(C)CC(Cc1ccc(-c2ccco2)cc1)n1cncn1. The Bertz CT molecular complexity index is 707. The minimum atomic E-state index is 0.241. The van der Waals surface area contributed by atoms with E-state index in [-0.39, 0.29) is 5.41 Å². The van der Waals surface area contributed by atoms with Crippen LogP contribution >= 0.6 is 0 Å². The predicted octanol–water partition coefficient (Wildman–Crippen LogP) is 4.76. The van der Waals surface area contributed by atoms with E-state index in [9.17, 15) is 0 Å². The molecule has 0 bridgehead atoms. The molecule has 3 rings (SSSR count).